The van der Waals surface area contributed by atoms with Crippen LogP contribution in [0.15, 0.2) is 35.0 Å². The molecule has 1 N–H and O–H groups in total. The molecule has 1 saturated heterocycles. The van der Waals surface area contributed by atoms with Gasteiger partial charge >= 0.3 is 0 Å². The van der Waals surface area contributed by atoms with Crippen LogP contribution in [-0.4, -0.2) is 24.4 Å². The first-order valence-corrected chi connectivity index (χ1v) is 8.21. The van der Waals surface area contributed by atoms with Gasteiger partial charge in [-0.25, -0.2) is 0 Å². The van der Waals surface area contributed by atoms with Gasteiger partial charge in [0.2, 0.25) is 5.91 Å². The lowest BCUT2D eigenvalue weighted by Crippen LogP contribution is -2.41. The molecule has 1 fully saturated rings. The van der Waals surface area contributed by atoms with Gasteiger partial charge in [-0.15, -0.1) is 0 Å². The van der Waals surface area contributed by atoms with Crippen LogP contribution >= 0.6 is 11.3 Å². The number of amides is 2. The van der Waals surface area contributed by atoms with Crippen molar-refractivity contribution in [2.45, 2.75) is 26.3 Å². The molecular formula is C17H18N2O2S. The van der Waals surface area contributed by atoms with Crippen LogP contribution in [0.25, 0.3) is 0 Å². The molecule has 5 heteroatoms. The summed E-state index contributed by atoms with van der Waals surface area (Å²) in [6.07, 6.45) is 0.641. The Hall–Kier alpha value is -2.14. The molecule has 0 saturated carbocycles. The fourth-order valence-corrected chi connectivity index (χ4v) is 3.45. The maximum absolute atomic E-state index is 12.5. The van der Waals surface area contributed by atoms with Gasteiger partial charge in [-0.1, -0.05) is 6.07 Å². The molecule has 4 nitrogen and oxygen atoms in total. The minimum Gasteiger partial charge on any atom is -0.340 e. The van der Waals surface area contributed by atoms with Gasteiger partial charge in [0.1, 0.15) is 6.04 Å². The zero-order valence-corrected chi connectivity index (χ0v) is 13.4. The van der Waals surface area contributed by atoms with Crippen LogP contribution in [0.1, 0.15) is 27.9 Å². The third-order valence-corrected chi connectivity index (χ3v) is 4.50. The average Bonchev–Trinajstić information content (AvgIpc) is 3.09. The molecule has 1 aromatic carbocycles. The molecule has 0 bridgehead atoms. The Bertz CT molecular complexity index is 689. The summed E-state index contributed by atoms with van der Waals surface area (Å²) in [7, 11) is 0. The number of aryl methyl sites for hydroxylation is 2. The predicted molar refractivity (Wildman–Crippen MR) is 88.5 cm³/mol. The third-order valence-electron chi connectivity index (χ3n) is 3.81. The molecule has 0 aliphatic carbocycles. The largest absolute Gasteiger partial charge is 0.340 e. The highest BCUT2D eigenvalue weighted by atomic mass is 32.1. The van der Waals surface area contributed by atoms with Crippen molar-refractivity contribution in [1.82, 2.24) is 5.32 Å². The zero-order chi connectivity index (χ0) is 15.7. The van der Waals surface area contributed by atoms with E-state index in [-0.39, 0.29) is 11.8 Å². The number of hydrogen-bond acceptors (Lipinski definition) is 3. The minimum atomic E-state index is -0.437. The molecule has 2 heterocycles. The molecule has 1 aliphatic rings. The second-order valence-electron chi connectivity index (χ2n) is 5.66. The number of thiophene rings is 1. The number of hydrogen-bond donors (Lipinski definition) is 1. The fraction of sp³-hybridized carbons (Fsp3) is 0.294. The second-order valence-corrected chi connectivity index (χ2v) is 6.44. The van der Waals surface area contributed by atoms with E-state index < -0.39 is 6.04 Å². The van der Waals surface area contributed by atoms with Crippen LogP contribution in [0.4, 0.5) is 5.69 Å². The highest BCUT2D eigenvalue weighted by Crippen LogP contribution is 2.24. The molecule has 2 aromatic rings. The molecule has 114 valence electrons. The van der Waals surface area contributed by atoms with Crippen LogP contribution in [0.2, 0.25) is 0 Å². The monoisotopic (exact) mass is 314 g/mol. The Kier molecular flexibility index (Phi) is 3.98. The minimum absolute atomic E-state index is 0.0337. The van der Waals surface area contributed by atoms with Gasteiger partial charge in [-0.3, -0.25) is 9.59 Å². The number of nitrogens with one attached hydrogen (secondary N) is 1. The van der Waals surface area contributed by atoms with E-state index in [1.54, 1.807) is 16.3 Å². The van der Waals surface area contributed by atoms with Gasteiger partial charge < -0.3 is 10.2 Å². The standard InChI is InChI=1S/C17H18N2O2S/c1-11-7-12(2)9-14(8-11)19-5-3-15(17(19)21)18-16(20)13-4-6-22-10-13/h4,6-10,15H,3,5H2,1-2H3,(H,18,20)/t15-/m0/s1. The topological polar surface area (TPSA) is 49.4 Å². The van der Waals surface area contributed by atoms with Crippen molar-refractivity contribution in [3.8, 4) is 0 Å². The van der Waals surface area contributed by atoms with Crippen LogP contribution in [0, 0.1) is 13.8 Å². The first-order valence-electron chi connectivity index (χ1n) is 7.27. The van der Waals surface area contributed by atoms with Crippen LogP contribution in [0.5, 0.6) is 0 Å². The van der Waals surface area contributed by atoms with Crippen LogP contribution in [-0.2, 0) is 4.79 Å². The summed E-state index contributed by atoms with van der Waals surface area (Å²) >= 11 is 1.47. The van der Waals surface area contributed by atoms with Gasteiger partial charge in [-0.2, -0.15) is 11.3 Å². The Morgan fingerprint density at radius 1 is 1.27 bits per heavy atom. The molecule has 1 aliphatic heterocycles. The van der Waals surface area contributed by atoms with Crippen molar-refractivity contribution in [2.24, 2.45) is 0 Å². The van der Waals surface area contributed by atoms with Crippen molar-refractivity contribution >= 4 is 28.8 Å². The Balaban J connectivity index is 1.73. The van der Waals surface area contributed by atoms with Gasteiger partial charge in [0.15, 0.2) is 0 Å². The van der Waals surface area contributed by atoms with E-state index in [9.17, 15) is 9.59 Å². The van der Waals surface area contributed by atoms with Crippen molar-refractivity contribution in [3.05, 3.63) is 51.7 Å². The highest BCUT2D eigenvalue weighted by Gasteiger charge is 2.33. The summed E-state index contributed by atoms with van der Waals surface area (Å²) in [5.74, 6) is -0.213. The van der Waals surface area contributed by atoms with Crippen LogP contribution in [0.3, 0.4) is 0 Å². The van der Waals surface area contributed by atoms with Crippen molar-refractivity contribution in [1.29, 1.82) is 0 Å². The lowest BCUT2D eigenvalue weighted by Gasteiger charge is -2.18. The fourth-order valence-electron chi connectivity index (χ4n) is 2.81. The summed E-state index contributed by atoms with van der Waals surface area (Å²) in [6.45, 7) is 4.68. The number of benzene rings is 1. The summed E-state index contributed by atoms with van der Waals surface area (Å²) in [6, 6.07) is 7.43. The smallest absolute Gasteiger partial charge is 0.252 e. The third kappa shape index (κ3) is 2.90. The van der Waals surface area contributed by atoms with E-state index in [0.29, 0.717) is 18.5 Å². The first-order chi connectivity index (χ1) is 10.5. The molecule has 22 heavy (non-hydrogen) atoms. The number of rotatable bonds is 3. The Morgan fingerprint density at radius 2 is 2.00 bits per heavy atom. The normalized spacial score (nSPS) is 17.8. The van der Waals surface area contributed by atoms with Crippen molar-refractivity contribution in [3.63, 3.8) is 0 Å². The highest BCUT2D eigenvalue weighted by molar-refractivity contribution is 7.08. The Morgan fingerprint density at radius 3 is 2.64 bits per heavy atom. The summed E-state index contributed by atoms with van der Waals surface area (Å²) in [4.78, 5) is 26.4. The van der Waals surface area contributed by atoms with E-state index in [2.05, 4.69) is 11.4 Å². The van der Waals surface area contributed by atoms with Crippen LogP contribution < -0.4 is 10.2 Å². The molecule has 0 spiro atoms. The number of carbonyl (C=O) groups is 2. The molecule has 2 amide bonds. The lowest BCUT2D eigenvalue weighted by atomic mass is 10.1. The van der Waals surface area contributed by atoms with Crippen molar-refractivity contribution < 1.29 is 9.59 Å². The molecule has 1 aromatic heterocycles. The zero-order valence-electron chi connectivity index (χ0n) is 12.6. The van der Waals surface area contributed by atoms with E-state index in [4.69, 9.17) is 0 Å². The van der Waals surface area contributed by atoms with Gasteiger partial charge in [0.25, 0.3) is 5.91 Å². The van der Waals surface area contributed by atoms with Gasteiger partial charge in [0, 0.05) is 17.6 Å². The summed E-state index contributed by atoms with van der Waals surface area (Å²) in [5.41, 5.74) is 3.79. The predicted octanol–water partition coefficient (Wildman–Crippen LogP) is 2.90. The quantitative estimate of drug-likeness (QED) is 0.947. The number of anilines is 1. The van der Waals surface area contributed by atoms with E-state index in [0.717, 1.165) is 16.8 Å². The number of carbonyl (C=O) groups excluding carboxylic acids is 2. The molecule has 0 radical (unpaired) electrons. The second kappa shape index (κ2) is 5.93. The SMILES string of the molecule is Cc1cc(C)cc(N2CC[C@H](NC(=O)c3ccsc3)C2=O)c1. The van der Waals surface area contributed by atoms with Gasteiger partial charge in [-0.05, 0) is 55.0 Å². The molecule has 1 atom stereocenters. The van der Waals surface area contributed by atoms with E-state index in [1.807, 2.05) is 31.4 Å². The Labute approximate surface area is 133 Å². The molecule has 3 rings (SSSR count). The molecule has 0 unspecified atom stereocenters. The van der Waals surface area contributed by atoms with E-state index in [1.165, 1.54) is 11.3 Å². The first kappa shape index (κ1) is 14.8. The lowest BCUT2D eigenvalue weighted by molar-refractivity contribution is -0.118. The summed E-state index contributed by atoms with van der Waals surface area (Å²) < 4.78 is 0. The van der Waals surface area contributed by atoms with Crippen molar-refractivity contribution in [2.75, 3.05) is 11.4 Å². The number of nitrogens with zero attached hydrogens (tertiary/aromatic N) is 1. The summed E-state index contributed by atoms with van der Waals surface area (Å²) in [5, 5.41) is 6.48. The maximum Gasteiger partial charge on any atom is 0.252 e. The van der Waals surface area contributed by atoms with E-state index >= 15 is 0 Å². The maximum atomic E-state index is 12.5. The average molecular weight is 314 g/mol. The molecular weight excluding hydrogens is 296 g/mol. The van der Waals surface area contributed by atoms with Gasteiger partial charge in [0.05, 0.1) is 5.56 Å².